The summed E-state index contributed by atoms with van der Waals surface area (Å²) in [5.41, 5.74) is -2.95. The molecule has 2 N–H and O–H groups in total. The number of nitrogens with one attached hydrogen (secondary N) is 2. The number of fused-ring (bicyclic) bond motifs is 1. The summed E-state index contributed by atoms with van der Waals surface area (Å²) in [6, 6.07) is 3.50. The fourth-order valence-electron chi connectivity index (χ4n) is 5.88. The van der Waals surface area contributed by atoms with E-state index < -0.39 is 59.6 Å². The predicted molar refractivity (Wildman–Crippen MR) is 180 cm³/mol. The highest BCUT2D eigenvalue weighted by Gasteiger charge is 2.39. The number of hydrogen-bond donors (Lipinski definition) is 2. The third-order valence-electron chi connectivity index (χ3n) is 8.13. The van der Waals surface area contributed by atoms with Gasteiger partial charge in [-0.1, -0.05) is 6.92 Å². The molecular formula is C35H42F6N6O5. The number of anilines is 3. The van der Waals surface area contributed by atoms with Crippen molar-refractivity contribution < 1.29 is 50.1 Å². The molecule has 3 aromatic rings. The van der Waals surface area contributed by atoms with Crippen LogP contribution in [0.5, 0.6) is 5.88 Å². The lowest BCUT2D eigenvalue weighted by molar-refractivity contribution is -0.154. The minimum atomic E-state index is -5.07. The number of ether oxygens (including phenoxy) is 3. The van der Waals surface area contributed by atoms with Crippen molar-refractivity contribution in [1.82, 2.24) is 15.0 Å². The molecule has 284 valence electrons. The summed E-state index contributed by atoms with van der Waals surface area (Å²) in [5, 5.41) is 6.15. The van der Waals surface area contributed by atoms with E-state index in [1.165, 1.54) is 19.1 Å². The van der Waals surface area contributed by atoms with Crippen LogP contribution in [0.2, 0.25) is 0 Å². The van der Waals surface area contributed by atoms with Crippen molar-refractivity contribution in [3.05, 3.63) is 64.0 Å². The van der Waals surface area contributed by atoms with Gasteiger partial charge in [0.25, 0.3) is 0 Å². The van der Waals surface area contributed by atoms with E-state index in [1.807, 2.05) is 6.92 Å². The maximum Gasteiger partial charge on any atom is 0.416 e. The normalized spacial score (nSPS) is 16.2. The first kappa shape index (κ1) is 39.9. The van der Waals surface area contributed by atoms with Gasteiger partial charge in [-0.05, 0) is 70.4 Å². The van der Waals surface area contributed by atoms with Crippen molar-refractivity contribution in [2.75, 3.05) is 36.3 Å². The van der Waals surface area contributed by atoms with Gasteiger partial charge in [0, 0.05) is 37.6 Å². The lowest BCUT2D eigenvalue weighted by Crippen LogP contribution is -2.46. The molecule has 0 aliphatic carbocycles. The fraction of sp³-hybridized carbons (Fsp3) is 0.514. The Bertz CT molecular complexity index is 1730. The molecule has 0 bridgehead atoms. The number of nitrogens with zero attached hydrogens (tertiary/aromatic N) is 4. The molecule has 2 atom stereocenters. The molecule has 0 fully saturated rings. The largest absolute Gasteiger partial charge is 0.481 e. The second-order valence-electron chi connectivity index (χ2n) is 13.1. The number of hydrogen-bond acceptors (Lipinski definition) is 10. The number of amides is 1. The van der Waals surface area contributed by atoms with Crippen molar-refractivity contribution in [2.24, 2.45) is 0 Å². The summed E-state index contributed by atoms with van der Waals surface area (Å²) in [7, 11) is 2.95. The van der Waals surface area contributed by atoms with Crippen LogP contribution in [0.1, 0.15) is 93.6 Å². The van der Waals surface area contributed by atoms with E-state index in [9.17, 15) is 35.9 Å². The third-order valence-corrected chi connectivity index (χ3v) is 8.13. The molecule has 4 rings (SSSR count). The number of aryl methyl sites for hydroxylation is 1. The van der Waals surface area contributed by atoms with Crippen LogP contribution < -0.4 is 20.3 Å². The highest BCUT2D eigenvalue weighted by Crippen LogP contribution is 2.42. The SMILES string of the molecule is CCOC(=O)N1c2ccc(OC)nc2[C@@H](Nc2nc(NC)nc(CCC(=O)OC(C)(C)C)c2Cc2cc(C(F)(F)F)cc(C(F)(F)F)c2)C[C@H]1CC. The van der Waals surface area contributed by atoms with Gasteiger partial charge in [-0.2, -0.15) is 31.3 Å². The monoisotopic (exact) mass is 740 g/mol. The maximum atomic E-state index is 13.9. The molecule has 0 radical (unpaired) electrons. The van der Waals surface area contributed by atoms with Crippen LogP contribution in [0.25, 0.3) is 0 Å². The van der Waals surface area contributed by atoms with E-state index in [1.54, 1.807) is 39.8 Å². The Balaban J connectivity index is 1.90. The van der Waals surface area contributed by atoms with Crippen molar-refractivity contribution in [1.29, 1.82) is 0 Å². The summed E-state index contributed by atoms with van der Waals surface area (Å²) in [6.45, 7) is 8.74. The lowest BCUT2D eigenvalue weighted by atomic mass is 9.92. The van der Waals surface area contributed by atoms with E-state index in [0.717, 1.165) is 0 Å². The van der Waals surface area contributed by atoms with Crippen LogP contribution in [0, 0.1) is 0 Å². The second-order valence-corrected chi connectivity index (χ2v) is 13.1. The molecule has 2 aromatic heterocycles. The number of methoxy groups -OCH3 is 1. The smallest absolute Gasteiger partial charge is 0.416 e. The zero-order valence-electron chi connectivity index (χ0n) is 29.9. The van der Waals surface area contributed by atoms with Crippen LogP contribution in [-0.4, -0.2) is 59.4 Å². The first-order valence-corrected chi connectivity index (χ1v) is 16.6. The maximum absolute atomic E-state index is 13.9. The van der Waals surface area contributed by atoms with E-state index >= 15 is 0 Å². The Labute approximate surface area is 297 Å². The highest BCUT2D eigenvalue weighted by molar-refractivity contribution is 5.90. The molecule has 1 aliphatic heterocycles. The highest BCUT2D eigenvalue weighted by atomic mass is 19.4. The summed E-state index contributed by atoms with van der Waals surface area (Å²) < 4.78 is 99.4. The topological polar surface area (TPSA) is 128 Å². The summed E-state index contributed by atoms with van der Waals surface area (Å²) in [4.78, 5) is 41.1. The number of rotatable bonds is 11. The van der Waals surface area contributed by atoms with Gasteiger partial charge in [-0.15, -0.1) is 0 Å². The Kier molecular flexibility index (Phi) is 12.2. The molecule has 0 saturated carbocycles. The minimum absolute atomic E-state index is 0.0604. The molecular weight excluding hydrogens is 698 g/mol. The van der Waals surface area contributed by atoms with Crippen LogP contribution in [0.15, 0.2) is 30.3 Å². The van der Waals surface area contributed by atoms with Crippen LogP contribution >= 0.6 is 0 Å². The van der Waals surface area contributed by atoms with Crippen molar-refractivity contribution in [3.8, 4) is 5.88 Å². The second kappa shape index (κ2) is 15.8. The molecule has 0 spiro atoms. The summed E-state index contributed by atoms with van der Waals surface area (Å²) >= 11 is 0. The molecule has 17 heteroatoms. The minimum Gasteiger partial charge on any atom is -0.481 e. The molecule has 1 amide bonds. The first-order valence-electron chi connectivity index (χ1n) is 16.6. The molecule has 1 aromatic carbocycles. The number of carbonyl (C=O) groups excluding carboxylic acids is 2. The van der Waals surface area contributed by atoms with Crippen molar-refractivity contribution in [3.63, 3.8) is 0 Å². The Morgan fingerprint density at radius 3 is 2.15 bits per heavy atom. The number of aromatic nitrogens is 3. The van der Waals surface area contributed by atoms with Gasteiger partial charge < -0.3 is 24.8 Å². The van der Waals surface area contributed by atoms with Crippen LogP contribution in [-0.2, 0) is 39.5 Å². The van der Waals surface area contributed by atoms with Crippen molar-refractivity contribution in [2.45, 2.75) is 96.8 Å². The number of carbonyl (C=O) groups is 2. The van der Waals surface area contributed by atoms with Gasteiger partial charge >= 0.3 is 24.4 Å². The number of alkyl halides is 6. The summed E-state index contributed by atoms with van der Waals surface area (Å²) in [6.07, 6.45) is -10.7. The van der Waals surface area contributed by atoms with Gasteiger partial charge in [-0.3, -0.25) is 9.69 Å². The molecule has 1 aliphatic rings. The molecule has 11 nitrogen and oxygen atoms in total. The van der Waals surface area contributed by atoms with Gasteiger partial charge in [0.05, 0.1) is 54.4 Å². The molecule has 3 heterocycles. The number of halogens is 6. The Morgan fingerprint density at radius 2 is 1.62 bits per heavy atom. The number of pyridine rings is 1. The Morgan fingerprint density at radius 1 is 0.962 bits per heavy atom. The molecule has 0 unspecified atom stereocenters. The average Bonchev–Trinajstić information content (AvgIpc) is 3.06. The van der Waals surface area contributed by atoms with E-state index in [-0.39, 0.29) is 66.4 Å². The quantitative estimate of drug-likeness (QED) is 0.147. The number of benzene rings is 1. The summed E-state index contributed by atoms with van der Waals surface area (Å²) in [5.74, 6) is -0.215. The van der Waals surface area contributed by atoms with Gasteiger partial charge in [0.15, 0.2) is 0 Å². The fourth-order valence-corrected chi connectivity index (χ4v) is 5.88. The standard InChI is InChI=1S/C35H42F6N6O5/c1-8-22-18-25(29-26(11-12-27(45-29)50-7)47(22)32(49)51-9-2)43-30-23(16-19-14-20(34(36,37)38)17-21(15-19)35(39,40)41)24(44-31(42-6)46-30)10-13-28(48)52-33(3,4)5/h11-12,14-15,17,22,25H,8-10,13,16,18H2,1-7H3,(H2,42,43,44,46)/t22-,25+/m1/s1. The zero-order valence-corrected chi connectivity index (χ0v) is 29.9. The van der Waals surface area contributed by atoms with Gasteiger partial charge in [0.1, 0.15) is 11.4 Å². The van der Waals surface area contributed by atoms with Crippen LogP contribution in [0.3, 0.4) is 0 Å². The van der Waals surface area contributed by atoms with E-state index in [2.05, 4.69) is 25.6 Å². The molecule has 0 saturated heterocycles. The number of esters is 1. The molecule has 52 heavy (non-hydrogen) atoms. The predicted octanol–water partition coefficient (Wildman–Crippen LogP) is 8.12. The van der Waals surface area contributed by atoms with Crippen LogP contribution in [0.4, 0.5) is 48.6 Å². The van der Waals surface area contributed by atoms with Gasteiger partial charge in [0.2, 0.25) is 11.8 Å². The van der Waals surface area contributed by atoms with E-state index in [4.69, 9.17) is 14.2 Å². The average molecular weight is 741 g/mol. The van der Waals surface area contributed by atoms with Gasteiger partial charge in [-0.25, -0.2) is 14.8 Å². The Hall–Kier alpha value is -4.83. The lowest BCUT2D eigenvalue weighted by Gasteiger charge is -2.39. The third kappa shape index (κ3) is 9.73. The first-order chi connectivity index (χ1) is 24.3. The van der Waals surface area contributed by atoms with E-state index in [0.29, 0.717) is 29.9 Å². The van der Waals surface area contributed by atoms with Crippen molar-refractivity contribution >= 4 is 29.5 Å². The zero-order chi connectivity index (χ0) is 38.6.